The number of amides is 1. The fourth-order valence-corrected chi connectivity index (χ4v) is 2.53. The van der Waals surface area contributed by atoms with Crippen molar-refractivity contribution in [1.29, 1.82) is 0 Å². The van der Waals surface area contributed by atoms with Crippen LogP contribution < -0.4 is 5.32 Å². The van der Waals surface area contributed by atoms with Gasteiger partial charge in [-0.2, -0.15) is 14.7 Å². The van der Waals surface area contributed by atoms with Crippen molar-refractivity contribution < 1.29 is 4.79 Å². The van der Waals surface area contributed by atoms with Crippen LogP contribution in [0.2, 0.25) is 0 Å². The summed E-state index contributed by atoms with van der Waals surface area (Å²) in [4.78, 5) is 16.7. The van der Waals surface area contributed by atoms with E-state index in [-0.39, 0.29) is 5.91 Å². The largest absolute Gasteiger partial charge is 0.305 e. The van der Waals surface area contributed by atoms with E-state index in [9.17, 15) is 4.79 Å². The predicted octanol–water partition coefficient (Wildman–Crippen LogP) is 2.48. The number of aryl methyl sites for hydroxylation is 1. The summed E-state index contributed by atoms with van der Waals surface area (Å²) < 4.78 is 3.31. The van der Waals surface area contributed by atoms with Gasteiger partial charge in [0.25, 0.3) is 5.91 Å². The molecule has 0 bridgehead atoms. The lowest BCUT2D eigenvalue weighted by atomic mass is 10.3. The second-order valence-corrected chi connectivity index (χ2v) is 5.30. The minimum atomic E-state index is -0.296. The molecule has 1 aromatic carbocycles. The number of hydrogen-bond acceptors (Lipinski definition) is 4. The lowest BCUT2D eigenvalue weighted by Crippen LogP contribution is -2.16. The molecule has 0 atom stereocenters. The van der Waals surface area contributed by atoms with Crippen molar-refractivity contribution >= 4 is 17.4 Å². The van der Waals surface area contributed by atoms with Crippen molar-refractivity contribution in [3.63, 3.8) is 0 Å². The molecule has 7 heteroatoms. The molecule has 4 aromatic rings. The highest BCUT2D eigenvalue weighted by Gasteiger charge is 2.15. The van der Waals surface area contributed by atoms with Gasteiger partial charge in [0.15, 0.2) is 11.3 Å². The maximum atomic E-state index is 12.5. The zero-order valence-corrected chi connectivity index (χ0v) is 12.9. The second kappa shape index (κ2) is 5.62. The molecule has 0 radical (unpaired) electrons. The lowest BCUT2D eigenvalue weighted by Gasteiger charge is -2.05. The van der Waals surface area contributed by atoms with Crippen LogP contribution in [0.5, 0.6) is 0 Å². The number of aromatic nitrogens is 5. The van der Waals surface area contributed by atoms with Crippen molar-refractivity contribution in [1.82, 2.24) is 24.4 Å². The van der Waals surface area contributed by atoms with Gasteiger partial charge in [-0.1, -0.05) is 18.2 Å². The topological polar surface area (TPSA) is 77.1 Å². The summed E-state index contributed by atoms with van der Waals surface area (Å²) in [5, 5.41) is 11.4. The number of para-hydroxylation sites is 1. The van der Waals surface area contributed by atoms with Gasteiger partial charge in [0.2, 0.25) is 0 Å². The van der Waals surface area contributed by atoms with Crippen LogP contribution in [0, 0.1) is 6.92 Å². The quantitative estimate of drug-likeness (QED) is 0.629. The molecule has 7 nitrogen and oxygen atoms in total. The van der Waals surface area contributed by atoms with Crippen LogP contribution in [0.3, 0.4) is 0 Å². The van der Waals surface area contributed by atoms with E-state index in [2.05, 4.69) is 20.5 Å². The number of hydrogen-bond donors (Lipinski definition) is 1. The zero-order chi connectivity index (χ0) is 16.5. The number of anilines is 1. The van der Waals surface area contributed by atoms with Crippen LogP contribution in [0.15, 0.2) is 60.9 Å². The Kier molecular flexibility index (Phi) is 3.31. The highest BCUT2D eigenvalue weighted by Crippen LogP contribution is 2.14. The molecule has 1 amide bonds. The van der Waals surface area contributed by atoms with Crippen molar-refractivity contribution in [3.8, 4) is 5.69 Å². The van der Waals surface area contributed by atoms with E-state index in [1.807, 2.05) is 37.3 Å². The Morgan fingerprint density at radius 1 is 1.08 bits per heavy atom. The lowest BCUT2D eigenvalue weighted by molar-refractivity contribution is 0.102. The summed E-state index contributed by atoms with van der Waals surface area (Å²) in [6.45, 7) is 1.91. The van der Waals surface area contributed by atoms with E-state index in [1.54, 1.807) is 39.8 Å². The number of fused-ring (bicyclic) bond motifs is 1. The Hall–Kier alpha value is -3.48. The third kappa shape index (κ3) is 2.41. The minimum Gasteiger partial charge on any atom is -0.305 e. The van der Waals surface area contributed by atoms with Crippen molar-refractivity contribution in [2.75, 3.05) is 5.32 Å². The van der Waals surface area contributed by atoms with E-state index in [0.29, 0.717) is 17.2 Å². The number of carbonyl (C=O) groups is 1. The van der Waals surface area contributed by atoms with Gasteiger partial charge in [-0.15, -0.1) is 0 Å². The smallest absolute Gasteiger partial charge is 0.277 e. The summed E-state index contributed by atoms with van der Waals surface area (Å²) in [6, 6.07) is 14.9. The predicted molar refractivity (Wildman–Crippen MR) is 89.2 cm³/mol. The second-order valence-electron chi connectivity index (χ2n) is 5.30. The van der Waals surface area contributed by atoms with E-state index >= 15 is 0 Å². The normalized spacial score (nSPS) is 10.9. The molecule has 1 N–H and O–H groups in total. The van der Waals surface area contributed by atoms with Crippen LogP contribution in [-0.2, 0) is 0 Å². The first-order valence-corrected chi connectivity index (χ1v) is 7.44. The molecule has 0 aliphatic carbocycles. The summed E-state index contributed by atoms with van der Waals surface area (Å²) in [6.07, 6.45) is 3.26. The molecule has 3 heterocycles. The monoisotopic (exact) mass is 318 g/mol. The molecule has 3 aromatic heterocycles. The van der Waals surface area contributed by atoms with Crippen LogP contribution in [0.1, 0.15) is 16.2 Å². The number of carbonyl (C=O) groups excluding carboxylic acids is 1. The highest BCUT2D eigenvalue weighted by atomic mass is 16.2. The number of nitrogens with zero attached hydrogens (tertiary/aromatic N) is 5. The average Bonchev–Trinajstić information content (AvgIpc) is 3.23. The molecule has 24 heavy (non-hydrogen) atoms. The first kappa shape index (κ1) is 14.1. The van der Waals surface area contributed by atoms with Crippen molar-refractivity contribution in [2.45, 2.75) is 6.92 Å². The minimum absolute atomic E-state index is 0.296. The molecule has 0 saturated heterocycles. The standard InChI is InChI=1S/C17H14N6O/c1-12-11-14(21-22(12)13-5-3-2-4-6-13)17(24)20-16-7-9-18-15-8-10-19-23(15)16/h2-11H,1H3,(H,20,24). The SMILES string of the molecule is Cc1cc(C(=O)Nc2ccnc3ccnn23)nn1-c1ccccc1. The summed E-state index contributed by atoms with van der Waals surface area (Å²) in [5.74, 6) is 0.248. The third-order valence-electron chi connectivity index (χ3n) is 3.65. The maximum Gasteiger partial charge on any atom is 0.277 e. The molecular weight excluding hydrogens is 304 g/mol. The van der Waals surface area contributed by atoms with E-state index in [1.165, 1.54) is 0 Å². The Morgan fingerprint density at radius 3 is 2.75 bits per heavy atom. The Balaban J connectivity index is 1.65. The van der Waals surface area contributed by atoms with Gasteiger partial charge in [-0.05, 0) is 31.2 Å². The van der Waals surface area contributed by atoms with Gasteiger partial charge in [-0.3, -0.25) is 4.79 Å². The highest BCUT2D eigenvalue weighted by molar-refractivity contribution is 6.02. The van der Waals surface area contributed by atoms with Crippen LogP contribution >= 0.6 is 0 Å². The van der Waals surface area contributed by atoms with Crippen LogP contribution in [0.4, 0.5) is 5.82 Å². The fourth-order valence-electron chi connectivity index (χ4n) is 2.53. The van der Waals surface area contributed by atoms with Crippen LogP contribution in [0.25, 0.3) is 11.3 Å². The molecule has 118 valence electrons. The van der Waals surface area contributed by atoms with E-state index in [0.717, 1.165) is 11.4 Å². The Bertz CT molecular complexity index is 1020. The Labute approximate surface area is 137 Å². The Morgan fingerprint density at radius 2 is 1.92 bits per heavy atom. The van der Waals surface area contributed by atoms with Gasteiger partial charge in [0.05, 0.1) is 11.9 Å². The van der Waals surface area contributed by atoms with Gasteiger partial charge >= 0.3 is 0 Å². The summed E-state index contributed by atoms with van der Waals surface area (Å²) in [5.41, 5.74) is 2.80. The number of benzene rings is 1. The van der Waals surface area contributed by atoms with E-state index < -0.39 is 0 Å². The van der Waals surface area contributed by atoms with Crippen LogP contribution in [-0.4, -0.2) is 30.3 Å². The fraction of sp³-hybridized carbons (Fsp3) is 0.0588. The molecule has 0 spiro atoms. The van der Waals surface area contributed by atoms with Gasteiger partial charge in [-0.25, -0.2) is 9.67 Å². The molecular formula is C17H14N6O. The first-order valence-electron chi connectivity index (χ1n) is 7.44. The van der Waals surface area contributed by atoms with Gasteiger partial charge in [0, 0.05) is 18.0 Å². The van der Waals surface area contributed by atoms with Gasteiger partial charge in [0.1, 0.15) is 5.82 Å². The van der Waals surface area contributed by atoms with Crippen molar-refractivity contribution in [3.05, 3.63) is 72.3 Å². The van der Waals surface area contributed by atoms with Gasteiger partial charge < -0.3 is 5.32 Å². The molecule has 0 aliphatic heterocycles. The number of rotatable bonds is 3. The molecule has 0 fully saturated rings. The van der Waals surface area contributed by atoms with Crippen molar-refractivity contribution in [2.24, 2.45) is 0 Å². The molecule has 0 aliphatic rings. The molecule has 0 saturated carbocycles. The average molecular weight is 318 g/mol. The summed E-state index contributed by atoms with van der Waals surface area (Å²) in [7, 11) is 0. The third-order valence-corrected chi connectivity index (χ3v) is 3.65. The molecule has 4 rings (SSSR count). The maximum absolute atomic E-state index is 12.5. The zero-order valence-electron chi connectivity index (χ0n) is 12.9. The number of nitrogens with one attached hydrogen (secondary N) is 1. The summed E-state index contributed by atoms with van der Waals surface area (Å²) >= 11 is 0. The first-order chi connectivity index (χ1) is 11.7. The van der Waals surface area contributed by atoms with E-state index in [4.69, 9.17) is 0 Å². The molecule has 0 unspecified atom stereocenters.